The molecule has 1 heterocycles. The molecule has 5 heteroatoms. The molecule has 1 unspecified atom stereocenters. The number of nitrogens with one attached hydrogen (secondary N) is 1. The van der Waals surface area contributed by atoms with Gasteiger partial charge in [0.05, 0.1) is 7.05 Å². The second-order valence-corrected chi connectivity index (χ2v) is 4.41. The van der Waals surface area contributed by atoms with Crippen LogP contribution in [-0.4, -0.2) is 33.3 Å². The Morgan fingerprint density at radius 1 is 1.56 bits per heavy atom. The molecule has 1 aromatic heterocycles. The second kappa shape index (κ2) is 5.75. The van der Waals surface area contributed by atoms with Crippen LogP contribution >= 0.6 is 0 Å². The van der Waals surface area contributed by atoms with Gasteiger partial charge in [-0.05, 0) is 18.2 Å². The van der Waals surface area contributed by atoms with E-state index in [0.29, 0.717) is 0 Å². The number of tetrazole rings is 1. The highest BCUT2D eigenvalue weighted by molar-refractivity contribution is 4.99. The number of aromatic nitrogens is 4. The quantitative estimate of drug-likeness (QED) is 0.552. The molecule has 0 aliphatic carbocycles. The van der Waals surface area contributed by atoms with Crippen molar-refractivity contribution in [2.45, 2.75) is 26.7 Å². The number of rotatable bonds is 7. The second-order valence-electron chi connectivity index (χ2n) is 4.41. The molecule has 0 fully saturated rings. The number of nitrogens with zero attached hydrogens (tertiary/aromatic N) is 4. The van der Waals surface area contributed by atoms with Gasteiger partial charge < -0.3 is 5.32 Å². The highest BCUT2D eigenvalue weighted by atomic mass is 15.6. The molecule has 1 aromatic rings. The van der Waals surface area contributed by atoms with Crippen molar-refractivity contribution >= 4 is 0 Å². The number of hydrogen-bond donors (Lipinski definition) is 1. The van der Waals surface area contributed by atoms with E-state index < -0.39 is 0 Å². The van der Waals surface area contributed by atoms with Gasteiger partial charge in [-0.2, -0.15) is 4.80 Å². The summed E-state index contributed by atoms with van der Waals surface area (Å²) in [6.45, 7) is 10.1. The SMILES string of the molecule is C=CC(C)(CNCCC)Cc1nnn(C)n1. The Balaban J connectivity index is 2.55. The molecule has 0 amide bonds. The molecule has 16 heavy (non-hydrogen) atoms. The van der Waals surface area contributed by atoms with Crippen molar-refractivity contribution in [3.63, 3.8) is 0 Å². The first-order chi connectivity index (χ1) is 7.59. The zero-order valence-corrected chi connectivity index (χ0v) is 10.4. The van der Waals surface area contributed by atoms with Gasteiger partial charge in [-0.25, -0.2) is 0 Å². The molecule has 0 bridgehead atoms. The molecule has 0 aromatic carbocycles. The zero-order chi connectivity index (χ0) is 12.0. The van der Waals surface area contributed by atoms with E-state index in [1.165, 1.54) is 4.80 Å². The van der Waals surface area contributed by atoms with Crippen molar-refractivity contribution in [1.82, 2.24) is 25.5 Å². The third-order valence-electron chi connectivity index (χ3n) is 2.56. The van der Waals surface area contributed by atoms with E-state index in [1.807, 2.05) is 6.08 Å². The Morgan fingerprint density at radius 3 is 2.81 bits per heavy atom. The fraction of sp³-hybridized carbons (Fsp3) is 0.727. The van der Waals surface area contributed by atoms with Gasteiger partial charge in [-0.3, -0.25) is 0 Å². The van der Waals surface area contributed by atoms with Gasteiger partial charge in [0.1, 0.15) is 0 Å². The highest BCUT2D eigenvalue weighted by Crippen LogP contribution is 2.20. The summed E-state index contributed by atoms with van der Waals surface area (Å²) in [4.78, 5) is 1.48. The van der Waals surface area contributed by atoms with Crippen LogP contribution in [0.3, 0.4) is 0 Å². The van der Waals surface area contributed by atoms with Crippen LogP contribution in [-0.2, 0) is 13.5 Å². The first-order valence-corrected chi connectivity index (χ1v) is 5.67. The molecule has 0 aliphatic heterocycles. The van der Waals surface area contributed by atoms with Crippen LogP contribution in [0.15, 0.2) is 12.7 Å². The highest BCUT2D eigenvalue weighted by Gasteiger charge is 2.22. The fourth-order valence-corrected chi connectivity index (χ4v) is 1.51. The molecule has 0 saturated carbocycles. The van der Waals surface area contributed by atoms with Crippen LogP contribution in [0.2, 0.25) is 0 Å². The minimum absolute atomic E-state index is 0.0157. The van der Waals surface area contributed by atoms with E-state index in [9.17, 15) is 0 Å². The molecule has 0 aliphatic rings. The lowest BCUT2D eigenvalue weighted by Crippen LogP contribution is -2.32. The lowest BCUT2D eigenvalue weighted by Gasteiger charge is -2.24. The topological polar surface area (TPSA) is 55.6 Å². The van der Waals surface area contributed by atoms with E-state index in [4.69, 9.17) is 0 Å². The zero-order valence-electron chi connectivity index (χ0n) is 10.4. The average Bonchev–Trinajstić information content (AvgIpc) is 2.64. The van der Waals surface area contributed by atoms with E-state index in [2.05, 4.69) is 41.2 Å². The normalized spacial score (nSPS) is 14.7. The van der Waals surface area contributed by atoms with Gasteiger partial charge in [-0.15, -0.1) is 16.8 Å². The maximum Gasteiger partial charge on any atom is 0.175 e. The van der Waals surface area contributed by atoms with Crippen molar-refractivity contribution in [3.05, 3.63) is 18.5 Å². The maximum absolute atomic E-state index is 4.19. The summed E-state index contributed by atoms with van der Waals surface area (Å²) in [6.07, 6.45) is 3.86. The van der Waals surface area contributed by atoms with Crippen molar-refractivity contribution in [1.29, 1.82) is 0 Å². The molecular formula is C11H21N5. The summed E-state index contributed by atoms with van der Waals surface area (Å²) in [5.41, 5.74) is -0.0157. The van der Waals surface area contributed by atoms with Gasteiger partial charge >= 0.3 is 0 Å². The molecule has 1 rings (SSSR count). The average molecular weight is 223 g/mol. The Bertz CT molecular complexity index is 333. The van der Waals surface area contributed by atoms with Crippen molar-refractivity contribution < 1.29 is 0 Å². The first kappa shape index (κ1) is 12.8. The van der Waals surface area contributed by atoms with Crippen LogP contribution in [0.4, 0.5) is 0 Å². The van der Waals surface area contributed by atoms with Gasteiger partial charge in [0, 0.05) is 18.4 Å². The van der Waals surface area contributed by atoms with Crippen LogP contribution in [0, 0.1) is 5.41 Å². The molecule has 1 atom stereocenters. The van der Waals surface area contributed by atoms with Gasteiger partial charge in [0.25, 0.3) is 0 Å². The van der Waals surface area contributed by atoms with Crippen molar-refractivity contribution in [2.75, 3.05) is 13.1 Å². The summed E-state index contributed by atoms with van der Waals surface area (Å²) in [5.74, 6) is 0.767. The minimum Gasteiger partial charge on any atom is -0.316 e. The van der Waals surface area contributed by atoms with Crippen LogP contribution < -0.4 is 5.32 Å². The van der Waals surface area contributed by atoms with Crippen molar-refractivity contribution in [3.8, 4) is 0 Å². The standard InChI is InChI=1S/C11H21N5/c1-5-7-12-9-11(3,6-2)8-10-13-15-16(4)14-10/h6,12H,2,5,7-9H2,1,3-4H3. The predicted molar refractivity (Wildman–Crippen MR) is 64.0 cm³/mol. The minimum atomic E-state index is -0.0157. The van der Waals surface area contributed by atoms with Crippen LogP contribution in [0.1, 0.15) is 26.1 Å². The Hall–Kier alpha value is -1.23. The third kappa shape index (κ3) is 3.73. The van der Waals surface area contributed by atoms with Crippen LogP contribution in [0.25, 0.3) is 0 Å². The summed E-state index contributed by atoms with van der Waals surface area (Å²) < 4.78 is 0. The number of aryl methyl sites for hydroxylation is 1. The summed E-state index contributed by atoms with van der Waals surface area (Å²) in [7, 11) is 1.77. The Morgan fingerprint density at radius 2 is 2.31 bits per heavy atom. The molecule has 0 radical (unpaired) electrons. The van der Waals surface area contributed by atoms with E-state index in [-0.39, 0.29) is 5.41 Å². The molecule has 90 valence electrons. The van der Waals surface area contributed by atoms with Gasteiger partial charge in [0.15, 0.2) is 5.82 Å². The monoisotopic (exact) mass is 223 g/mol. The van der Waals surface area contributed by atoms with E-state index >= 15 is 0 Å². The van der Waals surface area contributed by atoms with Crippen LogP contribution in [0.5, 0.6) is 0 Å². The third-order valence-corrected chi connectivity index (χ3v) is 2.56. The molecule has 0 saturated heterocycles. The summed E-state index contributed by atoms with van der Waals surface area (Å²) >= 11 is 0. The molecular weight excluding hydrogens is 202 g/mol. The lowest BCUT2D eigenvalue weighted by atomic mass is 9.86. The van der Waals surface area contributed by atoms with E-state index in [0.717, 1.165) is 31.8 Å². The Labute approximate surface area is 96.9 Å². The Kier molecular flexibility index (Phi) is 4.61. The smallest absolute Gasteiger partial charge is 0.175 e. The summed E-state index contributed by atoms with van der Waals surface area (Å²) in [5, 5.41) is 15.4. The molecule has 0 spiro atoms. The number of hydrogen-bond acceptors (Lipinski definition) is 4. The lowest BCUT2D eigenvalue weighted by molar-refractivity contribution is 0.382. The predicted octanol–water partition coefficient (Wildman–Crippen LogP) is 0.944. The molecule has 1 N–H and O–H groups in total. The first-order valence-electron chi connectivity index (χ1n) is 5.67. The summed E-state index contributed by atoms with van der Waals surface area (Å²) in [6, 6.07) is 0. The maximum atomic E-state index is 4.19. The fourth-order valence-electron chi connectivity index (χ4n) is 1.51. The van der Waals surface area contributed by atoms with E-state index in [1.54, 1.807) is 7.05 Å². The molecule has 5 nitrogen and oxygen atoms in total. The largest absolute Gasteiger partial charge is 0.316 e. The van der Waals surface area contributed by atoms with Gasteiger partial charge in [0.2, 0.25) is 0 Å². The van der Waals surface area contributed by atoms with Crippen molar-refractivity contribution in [2.24, 2.45) is 12.5 Å². The van der Waals surface area contributed by atoms with Gasteiger partial charge in [-0.1, -0.05) is 19.9 Å².